The zero-order valence-corrected chi connectivity index (χ0v) is 24.2. The molecule has 4 N–H and O–H groups in total. The Balaban J connectivity index is 1.65. The zero-order chi connectivity index (χ0) is 29.4. The average Bonchev–Trinajstić information content (AvgIpc) is 3.47. The molecule has 0 bridgehead atoms. The van der Waals surface area contributed by atoms with Crippen LogP contribution in [0.1, 0.15) is 18.2 Å². The number of nitrogens with zero attached hydrogens (tertiary/aromatic N) is 2. The maximum absolute atomic E-state index is 15.3. The summed E-state index contributed by atoms with van der Waals surface area (Å²) >= 11 is 7.11. The van der Waals surface area contributed by atoms with Gasteiger partial charge in [-0.1, -0.05) is 35.9 Å². The van der Waals surface area contributed by atoms with Gasteiger partial charge in [-0.15, -0.1) is 11.3 Å². The van der Waals surface area contributed by atoms with Gasteiger partial charge in [-0.2, -0.15) is 4.31 Å². The Morgan fingerprint density at radius 1 is 1.18 bits per heavy atom. The van der Waals surface area contributed by atoms with E-state index < -0.39 is 50.3 Å². The number of thiophene rings is 1. The Kier molecular flexibility index (Phi) is 8.49. The molecule has 0 unspecified atom stereocenters. The third kappa shape index (κ3) is 6.27. The maximum Gasteiger partial charge on any atom is 0.245 e. The molecule has 3 aromatic rings. The first kappa shape index (κ1) is 29.8. The molecule has 1 aromatic heterocycles. The van der Waals surface area contributed by atoms with Crippen LogP contribution in [0.15, 0.2) is 64.9 Å². The number of carbonyl (C=O) groups excluding carboxylic acids is 2. The van der Waals surface area contributed by atoms with E-state index in [0.29, 0.717) is 19.1 Å². The van der Waals surface area contributed by atoms with E-state index in [4.69, 9.17) is 22.5 Å². The molecule has 1 aliphatic rings. The van der Waals surface area contributed by atoms with Crippen molar-refractivity contribution in [2.24, 2.45) is 10.9 Å². The number of primary amides is 1. The summed E-state index contributed by atoms with van der Waals surface area (Å²) in [6.07, 6.45) is -0.0293. The monoisotopic (exact) mass is 626 g/mol. The van der Waals surface area contributed by atoms with Gasteiger partial charge in [-0.05, 0) is 54.8 Å². The largest absolute Gasteiger partial charge is 0.369 e. The lowest BCUT2D eigenvalue weighted by molar-refractivity contribution is -0.122. The summed E-state index contributed by atoms with van der Waals surface area (Å²) in [5.41, 5.74) is 5.90. The van der Waals surface area contributed by atoms with Crippen molar-refractivity contribution in [2.75, 3.05) is 18.0 Å². The topological polar surface area (TPSA) is 161 Å². The summed E-state index contributed by atoms with van der Waals surface area (Å²) in [7, 11) is -8.42. The lowest BCUT2D eigenvalue weighted by atomic mass is 10.0. The van der Waals surface area contributed by atoms with E-state index in [2.05, 4.69) is 0 Å². The second-order valence-electron chi connectivity index (χ2n) is 8.96. The van der Waals surface area contributed by atoms with Gasteiger partial charge in [-0.25, -0.2) is 26.4 Å². The fraction of sp³-hybridized carbons (Fsp3) is 0.200. The van der Waals surface area contributed by atoms with Gasteiger partial charge in [0, 0.05) is 17.0 Å². The van der Waals surface area contributed by atoms with Gasteiger partial charge >= 0.3 is 0 Å². The number of hydrogen-bond donors (Lipinski definition) is 2. The van der Waals surface area contributed by atoms with Crippen LogP contribution in [0.4, 0.5) is 10.1 Å². The molecule has 1 saturated heterocycles. The standard InChI is InChI=1S/C25H24ClFN4O6S3/c1-15(21-8-9-23(26)38-21)14-39(34,35)31(13-24(28)32)20-10-11-30(25(20)33)19-7-6-16(12-18(19)27)17-4-2-3-5-22(17)40(29,36)37/h2-9,12,14,20H,10-11,13H2,1H3,(H2,28,32)(H2,29,36,37)/t20-/m0/s1. The Bertz CT molecular complexity index is 1740. The Hall–Kier alpha value is -3.14. The number of sulfonamides is 2. The molecule has 1 aliphatic heterocycles. The average molecular weight is 627 g/mol. The summed E-state index contributed by atoms with van der Waals surface area (Å²) in [5.74, 6) is -2.55. The van der Waals surface area contributed by atoms with Crippen molar-refractivity contribution in [2.45, 2.75) is 24.3 Å². The first-order valence-corrected chi connectivity index (χ1v) is 15.9. The molecular formula is C25H24ClFN4O6S3. The van der Waals surface area contributed by atoms with Crippen LogP contribution in [0, 0.1) is 5.82 Å². The van der Waals surface area contributed by atoms with E-state index in [1.165, 1.54) is 30.3 Å². The summed E-state index contributed by atoms with van der Waals surface area (Å²) in [5, 5.41) is 6.22. The number of hydrogen-bond acceptors (Lipinski definition) is 7. The molecule has 40 heavy (non-hydrogen) atoms. The van der Waals surface area contributed by atoms with Gasteiger partial charge in [0.05, 0.1) is 26.9 Å². The van der Waals surface area contributed by atoms with Crippen molar-refractivity contribution in [3.05, 3.63) is 75.0 Å². The van der Waals surface area contributed by atoms with Crippen LogP contribution >= 0.6 is 22.9 Å². The number of benzene rings is 2. The predicted molar refractivity (Wildman–Crippen MR) is 152 cm³/mol. The molecule has 0 radical (unpaired) electrons. The van der Waals surface area contributed by atoms with Crippen molar-refractivity contribution in [3.63, 3.8) is 0 Å². The van der Waals surface area contributed by atoms with E-state index in [-0.39, 0.29) is 34.7 Å². The number of primary sulfonamides is 1. The number of rotatable bonds is 9. The second kappa shape index (κ2) is 11.4. The Morgan fingerprint density at radius 2 is 1.88 bits per heavy atom. The highest BCUT2D eigenvalue weighted by molar-refractivity contribution is 7.92. The highest BCUT2D eigenvalue weighted by atomic mass is 35.5. The lowest BCUT2D eigenvalue weighted by Gasteiger charge is -2.25. The summed E-state index contributed by atoms with van der Waals surface area (Å²) in [6.45, 7) is 0.755. The summed E-state index contributed by atoms with van der Waals surface area (Å²) < 4.78 is 67.1. The van der Waals surface area contributed by atoms with Gasteiger partial charge in [0.25, 0.3) is 0 Å². The first-order valence-electron chi connectivity index (χ1n) is 11.7. The van der Waals surface area contributed by atoms with Crippen LogP contribution in [-0.4, -0.2) is 52.1 Å². The van der Waals surface area contributed by atoms with Gasteiger partial charge < -0.3 is 10.6 Å². The SMILES string of the molecule is CC(=CS(=O)(=O)N(CC(N)=O)[C@H]1CCN(c2ccc(-c3ccccc3S(N)(=O)=O)cc2F)C1=O)c1ccc(Cl)s1. The van der Waals surface area contributed by atoms with Crippen LogP contribution in [-0.2, 0) is 29.6 Å². The third-order valence-corrected chi connectivity index (χ3v) is 10.2. The molecule has 0 saturated carbocycles. The molecule has 1 atom stereocenters. The maximum atomic E-state index is 15.3. The second-order valence-corrected chi connectivity index (χ2v) is 13.9. The fourth-order valence-electron chi connectivity index (χ4n) is 4.42. The number of carbonyl (C=O) groups is 2. The molecule has 4 rings (SSSR count). The Labute approximate surface area is 239 Å². The number of anilines is 1. The minimum atomic E-state index is -4.33. The van der Waals surface area contributed by atoms with E-state index in [1.54, 1.807) is 25.1 Å². The van der Waals surface area contributed by atoms with E-state index in [9.17, 15) is 26.4 Å². The normalized spacial score (nSPS) is 16.6. The number of amides is 2. The molecule has 10 nitrogen and oxygen atoms in total. The minimum Gasteiger partial charge on any atom is -0.369 e. The van der Waals surface area contributed by atoms with Crippen molar-refractivity contribution >= 4 is 66.1 Å². The van der Waals surface area contributed by atoms with Crippen LogP contribution in [0.2, 0.25) is 4.34 Å². The number of allylic oxidation sites excluding steroid dienone is 1. The van der Waals surface area contributed by atoms with Crippen LogP contribution in [0.5, 0.6) is 0 Å². The van der Waals surface area contributed by atoms with Gasteiger partial charge in [0.2, 0.25) is 31.9 Å². The number of halogens is 2. The summed E-state index contributed by atoms with van der Waals surface area (Å²) in [6, 6.07) is 11.5. The molecule has 1 fully saturated rings. The molecular weight excluding hydrogens is 603 g/mol. The van der Waals surface area contributed by atoms with Gasteiger partial charge in [0.15, 0.2) is 0 Å². The van der Waals surface area contributed by atoms with E-state index >= 15 is 4.39 Å². The highest BCUT2D eigenvalue weighted by Gasteiger charge is 2.42. The van der Waals surface area contributed by atoms with Crippen molar-refractivity contribution < 1.29 is 30.8 Å². The molecule has 2 heterocycles. The van der Waals surface area contributed by atoms with Crippen molar-refractivity contribution in [1.82, 2.24) is 4.31 Å². The molecule has 212 valence electrons. The van der Waals surface area contributed by atoms with Crippen molar-refractivity contribution in [1.29, 1.82) is 0 Å². The molecule has 0 aliphatic carbocycles. The molecule has 2 aromatic carbocycles. The lowest BCUT2D eigenvalue weighted by Crippen LogP contribution is -2.48. The smallest absolute Gasteiger partial charge is 0.245 e. The van der Waals surface area contributed by atoms with Crippen LogP contribution in [0.25, 0.3) is 16.7 Å². The van der Waals surface area contributed by atoms with Crippen LogP contribution in [0.3, 0.4) is 0 Å². The fourth-order valence-corrected chi connectivity index (χ4v) is 7.84. The summed E-state index contributed by atoms with van der Waals surface area (Å²) in [4.78, 5) is 26.7. The molecule has 0 spiro atoms. The Morgan fingerprint density at radius 3 is 2.48 bits per heavy atom. The van der Waals surface area contributed by atoms with E-state index in [1.807, 2.05) is 0 Å². The number of nitrogens with two attached hydrogens (primary N) is 2. The highest BCUT2D eigenvalue weighted by Crippen LogP contribution is 2.34. The third-order valence-electron chi connectivity index (χ3n) is 6.19. The predicted octanol–water partition coefficient (Wildman–Crippen LogP) is 3.14. The van der Waals surface area contributed by atoms with E-state index in [0.717, 1.165) is 27.7 Å². The van der Waals surface area contributed by atoms with Crippen LogP contribution < -0.4 is 15.8 Å². The van der Waals surface area contributed by atoms with Gasteiger partial charge in [-0.3, -0.25) is 9.59 Å². The zero-order valence-electron chi connectivity index (χ0n) is 21.0. The molecule has 2 amide bonds. The first-order chi connectivity index (χ1) is 18.7. The minimum absolute atomic E-state index is 0.0293. The quantitative estimate of drug-likeness (QED) is 0.371. The van der Waals surface area contributed by atoms with Gasteiger partial charge in [0.1, 0.15) is 11.9 Å². The van der Waals surface area contributed by atoms with Crippen molar-refractivity contribution in [3.8, 4) is 11.1 Å². The molecule has 15 heteroatoms.